The number of aryl methyl sites for hydroxylation is 1. The molecule has 1 aromatic heterocycles. The zero-order valence-corrected chi connectivity index (χ0v) is 10.4. The first kappa shape index (κ1) is 13.1. The Bertz CT molecular complexity index is 595. The molecule has 0 radical (unpaired) electrons. The van der Waals surface area contributed by atoms with Crippen LogP contribution in [0.1, 0.15) is 15.9 Å². The van der Waals surface area contributed by atoms with Crippen LogP contribution >= 0.6 is 0 Å². The second-order valence-corrected chi connectivity index (χ2v) is 4.19. The molecule has 0 unspecified atom stereocenters. The van der Waals surface area contributed by atoms with E-state index in [0.717, 1.165) is 11.6 Å². The summed E-state index contributed by atoms with van der Waals surface area (Å²) in [6.45, 7) is 0.553. The van der Waals surface area contributed by atoms with Gasteiger partial charge in [0.15, 0.2) is 0 Å². The molecule has 5 nitrogen and oxygen atoms in total. The van der Waals surface area contributed by atoms with Gasteiger partial charge < -0.3 is 10.4 Å². The van der Waals surface area contributed by atoms with Gasteiger partial charge in [0.25, 0.3) is 0 Å². The largest absolute Gasteiger partial charge is 0.478 e. The van der Waals surface area contributed by atoms with Crippen molar-refractivity contribution in [2.75, 3.05) is 11.9 Å². The smallest absolute Gasteiger partial charge is 0.337 e. The third kappa shape index (κ3) is 3.31. The number of halogens is 1. The maximum atomic E-state index is 13.0. The van der Waals surface area contributed by atoms with Gasteiger partial charge in [-0.3, -0.25) is 4.68 Å². The average Bonchev–Trinajstić information content (AvgIpc) is 2.77. The van der Waals surface area contributed by atoms with Crippen LogP contribution in [0.5, 0.6) is 0 Å². The van der Waals surface area contributed by atoms with Crippen molar-refractivity contribution < 1.29 is 14.3 Å². The highest BCUT2D eigenvalue weighted by Gasteiger charge is 2.10. The molecule has 2 rings (SSSR count). The molecule has 0 spiro atoms. The van der Waals surface area contributed by atoms with E-state index in [0.29, 0.717) is 18.7 Å². The highest BCUT2D eigenvalue weighted by atomic mass is 19.1. The summed E-state index contributed by atoms with van der Waals surface area (Å²) < 4.78 is 14.7. The Morgan fingerprint density at radius 2 is 2.32 bits per heavy atom. The monoisotopic (exact) mass is 263 g/mol. The Hall–Kier alpha value is -2.37. The lowest BCUT2D eigenvalue weighted by atomic mass is 10.1. The minimum atomic E-state index is -1.15. The van der Waals surface area contributed by atoms with Crippen LogP contribution in [-0.2, 0) is 13.5 Å². The lowest BCUT2D eigenvalue weighted by Crippen LogP contribution is -2.09. The maximum absolute atomic E-state index is 13.0. The lowest BCUT2D eigenvalue weighted by Gasteiger charge is -2.08. The molecule has 0 aliphatic heterocycles. The van der Waals surface area contributed by atoms with Gasteiger partial charge in [-0.05, 0) is 30.2 Å². The molecule has 0 amide bonds. The molecular formula is C13H14FN3O2. The second-order valence-electron chi connectivity index (χ2n) is 4.19. The van der Waals surface area contributed by atoms with E-state index in [2.05, 4.69) is 10.4 Å². The molecule has 1 heterocycles. The predicted octanol–water partition coefficient (Wildman–Crippen LogP) is 1.91. The van der Waals surface area contributed by atoms with Crippen molar-refractivity contribution in [3.63, 3.8) is 0 Å². The lowest BCUT2D eigenvalue weighted by molar-refractivity contribution is 0.0697. The molecule has 0 fully saturated rings. The molecule has 6 heteroatoms. The van der Waals surface area contributed by atoms with Gasteiger partial charge in [-0.1, -0.05) is 0 Å². The number of carboxylic acid groups (broad SMARTS) is 1. The molecule has 0 bridgehead atoms. The fraction of sp³-hybridized carbons (Fsp3) is 0.231. The maximum Gasteiger partial charge on any atom is 0.337 e. The molecule has 0 aliphatic carbocycles. The van der Waals surface area contributed by atoms with Gasteiger partial charge in [0.05, 0.1) is 11.8 Å². The van der Waals surface area contributed by atoms with E-state index in [1.807, 2.05) is 13.2 Å². The van der Waals surface area contributed by atoms with Gasteiger partial charge in [0, 0.05) is 25.5 Å². The van der Waals surface area contributed by atoms with Crippen molar-refractivity contribution in [3.05, 3.63) is 47.5 Å². The summed E-state index contributed by atoms with van der Waals surface area (Å²) in [7, 11) is 1.83. The molecule has 1 aromatic carbocycles. The fourth-order valence-electron chi connectivity index (χ4n) is 1.79. The summed E-state index contributed by atoms with van der Waals surface area (Å²) in [5, 5.41) is 16.0. The topological polar surface area (TPSA) is 67.2 Å². The number of rotatable bonds is 5. The van der Waals surface area contributed by atoms with E-state index in [1.54, 1.807) is 10.9 Å². The van der Waals surface area contributed by atoms with Crippen LogP contribution < -0.4 is 5.32 Å². The van der Waals surface area contributed by atoms with Gasteiger partial charge in [-0.2, -0.15) is 5.10 Å². The Balaban J connectivity index is 2.01. The van der Waals surface area contributed by atoms with Gasteiger partial charge in [-0.25, -0.2) is 9.18 Å². The SMILES string of the molecule is Cn1cc(CCNc2ccc(F)cc2C(=O)O)cn1. The number of nitrogens with one attached hydrogen (secondary N) is 1. The first-order valence-corrected chi connectivity index (χ1v) is 5.80. The van der Waals surface area contributed by atoms with E-state index < -0.39 is 11.8 Å². The van der Waals surface area contributed by atoms with Crippen molar-refractivity contribution in [1.29, 1.82) is 0 Å². The van der Waals surface area contributed by atoms with Crippen LogP contribution in [0, 0.1) is 5.82 Å². The number of aromatic carboxylic acids is 1. The number of nitrogens with zero attached hydrogens (tertiary/aromatic N) is 2. The van der Waals surface area contributed by atoms with Crippen LogP contribution in [0.15, 0.2) is 30.6 Å². The van der Waals surface area contributed by atoms with E-state index in [-0.39, 0.29) is 5.56 Å². The van der Waals surface area contributed by atoms with Gasteiger partial charge in [0.2, 0.25) is 0 Å². The standard InChI is InChI=1S/C13H14FN3O2/c1-17-8-9(7-16-17)4-5-15-12-3-2-10(14)6-11(12)13(18)19/h2-3,6-8,15H,4-5H2,1H3,(H,18,19). The Morgan fingerprint density at radius 3 is 2.95 bits per heavy atom. The van der Waals surface area contributed by atoms with Crippen LogP contribution in [-0.4, -0.2) is 27.4 Å². The summed E-state index contributed by atoms with van der Waals surface area (Å²) in [5.74, 6) is -1.71. The van der Waals surface area contributed by atoms with E-state index in [4.69, 9.17) is 5.11 Å². The van der Waals surface area contributed by atoms with Crippen molar-refractivity contribution >= 4 is 11.7 Å². The van der Waals surface area contributed by atoms with Gasteiger partial charge in [0.1, 0.15) is 5.82 Å². The number of anilines is 1. The third-order valence-corrected chi connectivity index (χ3v) is 2.70. The zero-order valence-electron chi connectivity index (χ0n) is 10.4. The number of benzene rings is 1. The molecule has 2 N–H and O–H groups in total. The van der Waals surface area contributed by atoms with Crippen molar-refractivity contribution in [3.8, 4) is 0 Å². The summed E-state index contributed by atoms with van der Waals surface area (Å²) in [6, 6.07) is 3.68. The van der Waals surface area contributed by atoms with E-state index in [1.165, 1.54) is 12.1 Å². The van der Waals surface area contributed by atoms with Crippen LogP contribution in [0.25, 0.3) is 0 Å². The van der Waals surface area contributed by atoms with Crippen LogP contribution in [0.3, 0.4) is 0 Å². The molecule has 100 valence electrons. The first-order valence-electron chi connectivity index (χ1n) is 5.80. The molecule has 0 saturated heterocycles. The van der Waals surface area contributed by atoms with Crippen molar-refractivity contribution in [2.24, 2.45) is 7.05 Å². The normalized spacial score (nSPS) is 10.4. The average molecular weight is 263 g/mol. The third-order valence-electron chi connectivity index (χ3n) is 2.70. The van der Waals surface area contributed by atoms with Crippen LogP contribution in [0.2, 0.25) is 0 Å². The number of hydrogen-bond acceptors (Lipinski definition) is 3. The molecule has 19 heavy (non-hydrogen) atoms. The number of carbonyl (C=O) groups is 1. The Labute approximate surface area is 109 Å². The number of hydrogen-bond donors (Lipinski definition) is 2. The van der Waals surface area contributed by atoms with Crippen LogP contribution in [0.4, 0.5) is 10.1 Å². The predicted molar refractivity (Wildman–Crippen MR) is 68.8 cm³/mol. The molecule has 0 aliphatic rings. The van der Waals surface area contributed by atoms with Crippen molar-refractivity contribution in [1.82, 2.24) is 9.78 Å². The minimum absolute atomic E-state index is 0.0637. The van der Waals surface area contributed by atoms with Gasteiger partial charge in [-0.15, -0.1) is 0 Å². The van der Waals surface area contributed by atoms with E-state index in [9.17, 15) is 9.18 Å². The summed E-state index contributed by atoms with van der Waals surface area (Å²) >= 11 is 0. The quantitative estimate of drug-likeness (QED) is 0.864. The molecule has 0 atom stereocenters. The van der Waals surface area contributed by atoms with Gasteiger partial charge >= 0.3 is 5.97 Å². The zero-order chi connectivity index (χ0) is 13.8. The number of carboxylic acids is 1. The first-order chi connectivity index (χ1) is 9.06. The number of aromatic nitrogens is 2. The summed E-state index contributed by atoms with van der Waals surface area (Å²) in [4.78, 5) is 11.0. The van der Waals surface area contributed by atoms with E-state index >= 15 is 0 Å². The molecule has 0 saturated carbocycles. The molecule has 2 aromatic rings. The Kier molecular flexibility index (Phi) is 3.79. The summed E-state index contributed by atoms with van der Waals surface area (Å²) in [6.07, 6.45) is 4.36. The minimum Gasteiger partial charge on any atom is -0.478 e. The highest BCUT2D eigenvalue weighted by molar-refractivity contribution is 5.94. The second kappa shape index (κ2) is 5.51. The fourth-order valence-corrected chi connectivity index (χ4v) is 1.79. The molecular weight excluding hydrogens is 249 g/mol. The van der Waals surface area contributed by atoms with Crippen molar-refractivity contribution in [2.45, 2.75) is 6.42 Å². The highest BCUT2D eigenvalue weighted by Crippen LogP contribution is 2.17. The summed E-state index contributed by atoms with van der Waals surface area (Å²) in [5.41, 5.74) is 1.40. The Morgan fingerprint density at radius 1 is 1.53 bits per heavy atom.